The maximum Gasteiger partial charge on any atom is 0.393 e. The third-order valence-electron chi connectivity index (χ3n) is 5.81. The second kappa shape index (κ2) is 8.77. The van der Waals surface area contributed by atoms with Gasteiger partial charge in [0.2, 0.25) is 0 Å². The SMILES string of the molecule is CC(C)(CCc1cccc(N(CC(F)F)c2nc3nncn3c3cccc(F)c23)c1)C(F)(F)F. The van der Waals surface area contributed by atoms with Crippen molar-refractivity contribution in [2.24, 2.45) is 5.41 Å². The molecule has 180 valence electrons. The lowest BCUT2D eigenvalue weighted by atomic mass is 9.85. The highest BCUT2D eigenvalue weighted by atomic mass is 19.4. The molecule has 0 unspecified atom stereocenters. The van der Waals surface area contributed by atoms with E-state index in [0.717, 1.165) is 18.7 Å². The lowest BCUT2D eigenvalue weighted by Gasteiger charge is -2.28. The molecule has 5 nitrogen and oxygen atoms in total. The van der Waals surface area contributed by atoms with E-state index in [1.54, 1.807) is 18.2 Å². The number of nitrogens with zero attached hydrogens (tertiary/aromatic N) is 5. The maximum atomic E-state index is 14.9. The van der Waals surface area contributed by atoms with Gasteiger partial charge in [0.05, 0.1) is 22.9 Å². The minimum atomic E-state index is -4.37. The summed E-state index contributed by atoms with van der Waals surface area (Å²) in [6, 6.07) is 10.5. The second-order valence-corrected chi connectivity index (χ2v) is 8.62. The number of fused-ring (bicyclic) bond motifs is 3. The van der Waals surface area contributed by atoms with E-state index in [1.807, 2.05) is 0 Å². The van der Waals surface area contributed by atoms with Gasteiger partial charge in [-0.3, -0.25) is 4.40 Å². The largest absolute Gasteiger partial charge is 0.393 e. The van der Waals surface area contributed by atoms with E-state index in [0.29, 0.717) is 11.1 Å². The van der Waals surface area contributed by atoms with Gasteiger partial charge in [0.15, 0.2) is 0 Å². The Morgan fingerprint density at radius 3 is 2.50 bits per heavy atom. The van der Waals surface area contributed by atoms with E-state index >= 15 is 0 Å². The smallest absolute Gasteiger partial charge is 0.320 e. The Labute approximate surface area is 191 Å². The molecule has 4 rings (SSSR count). The number of hydrogen-bond acceptors (Lipinski definition) is 4. The van der Waals surface area contributed by atoms with Gasteiger partial charge in [0, 0.05) is 5.69 Å². The number of halogens is 6. The fourth-order valence-corrected chi connectivity index (χ4v) is 3.69. The summed E-state index contributed by atoms with van der Waals surface area (Å²) in [6.07, 6.45) is -5.94. The van der Waals surface area contributed by atoms with Gasteiger partial charge in [0.1, 0.15) is 18.0 Å². The van der Waals surface area contributed by atoms with Crippen molar-refractivity contribution in [1.82, 2.24) is 19.6 Å². The van der Waals surface area contributed by atoms with Gasteiger partial charge >= 0.3 is 6.18 Å². The average Bonchev–Trinajstić information content (AvgIpc) is 3.24. The Balaban J connectivity index is 1.80. The Bertz CT molecular complexity index is 1310. The average molecular weight is 481 g/mol. The Morgan fingerprint density at radius 1 is 1.06 bits per heavy atom. The zero-order valence-corrected chi connectivity index (χ0v) is 18.3. The van der Waals surface area contributed by atoms with Crippen LogP contribution in [-0.2, 0) is 6.42 Å². The quantitative estimate of drug-likeness (QED) is 0.289. The molecule has 4 aromatic rings. The predicted octanol–water partition coefficient (Wildman–Crippen LogP) is 6.34. The number of alkyl halides is 5. The molecule has 34 heavy (non-hydrogen) atoms. The second-order valence-electron chi connectivity index (χ2n) is 8.62. The van der Waals surface area contributed by atoms with Crippen molar-refractivity contribution in [2.75, 3.05) is 11.4 Å². The van der Waals surface area contributed by atoms with Crippen molar-refractivity contribution in [3.05, 3.63) is 60.2 Å². The van der Waals surface area contributed by atoms with Gasteiger partial charge in [-0.1, -0.05) is 32.0 Å². The first-order valence-electron chi connectivity index (χ1n) is 10.5. The van der Waals surface area contributed by atoms with Crippen LogP contribution in [0.2, 0.25) is 0 Å². The first-order valence-corrected chi connectivity index (χ1v) is 10.5. The lowest BCUT2D eigenvalue weighted by molar-refractivity contribution is -0.213. The van der Waals surface area contributed by atoms with Crippen molar-refractivity contribution >= 4 is 28.2 Å². The molecule has 0 atom stereocenters. The highest BCUT2D eigenvalue weighted by Gasteiger charge is 2.46. The number of hydrogen-bond donors (Lipinski definition) is 0. The molecule has 0 radical (unpaired) electrons. The molecule has 0 saturated heterocycles. The van der Waals surface area contributed by atoms with Gasteiger partial charge in [-0.15, -0.1) is 10.2 Å². The van der Waals surface area contributed by atoms with Crippen molar-refractivity contribution in [3.8, 4) is 0 Å². The molecular formula is C23H21F6N5. The monoisotopic (exact) mass is 481 g/mol. The number of aromatic nitrogens is 4. The highest BCUT2D eigenvalue weighted by molar-refractivity contribution is 5.94. The summed E-state index contributed by atoms with van der Waals surface area (Å²) in [5.41, 5.74) is -0.788. The molecule has 11 heteroatoms. The molecule has 0 amide bonds. The summed E-state index contributed by atoms with van der Waals surface area (Å²) in [6.45, 7) is 1.43. The van der Waals surface area contributed by atoms with Crippen LogP contribution in [0.25, 0.3) is 16.7 Å². The molecule has 0 aliphatic heterocycles. The molecule has 2 aromatic heterocycles. The van der Waals surface area contributed by atoms with Crippen LogP contribution in [0.4, 0.5) is 37.8 Å². The molecule has 0 spiro atoms. The third-order valence-corrected chi connectivity index (χ3v) is 5.81. The summed E-state index contributed by atoms with van der Waals surface area (Å²) in [4.78, 5) is 5.45. The van der Waals surface area contributed by atoms with Crippen LogP contribution in [0, 0.1) is 11.2 Å². The van der Waals surface area contributed by atoms with E-state index in [9.17, 15) is 26.3 Å². The highest BCUT2D eigenvalue weighted by Crippen LogP contribution is 2.41. The Morgan fingerprint density at radius 2 is 1.79 bits per heavy atom. The fraction of sp³-hybridized carbons (Fsp3) is 0.348. The minimum Gasteiger partial charge on any atom is -0.320 e. The Kier molecular flexibility index (Phi) is 6.13. The van der Waals surface area contributed by atoms with Crippen molar-refractivity contribution in [3.63, 3.8) is 0 Å². The van der Waals surface area contributed by atoms with Crippen LogP contribution in [0.3, 0.4) is 0 Å². The lowest BCUT2D eigenvalue weighted by Crippen LogP contribution is -2.32. The van der Waals surface area contributed by atoms with Gasteiger partial charge in [-0.2, -0.15) is 18.2 Å². The summed E-state index contributed by atoms with van der Waals surface area (Å²) in [5, 5.41) is 7.64. The van der Waals surface area contributed by atoms with Crippen LogP contribution < -0.4 is 4.90 Å². The van der Waals surface area contributed by atoms with E-state index in [4.69, 9.17) is 0 Å². The molecular weight excluding hydrogens is 460 g/mol. The molecule has 2 aromatic carbocycles. The predicted molar refractivity (Wildman–Crippen MR) is 116 cm³/mol. The summed E-state index contributed by atoms with van der Waals surface area (Å²) in [5.74, 6) is -0.657. The summed E-state index contributed by atoms with van der Waals surface area (Å²) >= 11 is 0. The number of anilines is 2. The topological polar surface area (TPSA) is 46.3 Å². The third kappa shape index (κ3) is 4.51. The zero-order valence-electron chi connectivity index (χ0n) is 18.3. The minimum absolute atomic E-state index is 0.000872. The van der Waals surface area contributed by atoms with Crippen molar-refractivity contribution in [2.45, 2.75) is 39.3 Å². The molecule has 0 N–H and O–H groups in total. The molecule has 0 aliphatic carbocycles. The number of aryl methyl sites for hydroxylation is 1. The first-order chi connectivity index (χ1) is 16.0. The number of benzene rings is 2. The maximum absolute atomic E-state index is 14.9. The molecule has 2 heterocycles. The van der Waals surface area contributed by atoms with Gasteiger partial charge in [-0.05, 0) is 42.7 Å². The Hall–Kier alpha value is -3.37. The van der Waals surface area contributed by atoms with Gasteiger partial charge in [0.25, 0.3) is 12.2 Å². The number of rotatable bonds is 7. The van der Waals surface area contributed by atoms with Gasteiger partial charge < -0.3 is 4.90 Å². The van der Waals surface area contributed by atoms with Crippen molar-refractivity contribution < 1.29 is 26.3 Å². The van der Waals surface area contributed by atoms with Crippen LogP contribution in [0.1, 0.15) is 25.8 Å². The van der Waals surface area contributed by atoms with E-state index in [2.05, 4.69) is 15.2 Å². The molecule has 0 saturated carbocycles. The van der Waals surface area contributed by atoms with E-state index < -0.39 is 30.4 Å². The fourth-order valence-electron chi connectivity index (χ4n) is 3.69. The van der Waals surface area contributed by atoms with Crippen LogP contribution >= 0.6 is 0 Å². The zero-order chi connectivity index (χ0) is 24.7. The standard InChI is InChI=1S/C23H21F6N5/c1-22(2,23(27,28)29)10-9-14-5-3-6-15(11-14)33(12-18(25)26)20-19-16(24)7-4-8-17(19)34-13-30-32-21(34)31-20/h3-8,11,13,18H,9-10,12H2,1-2H3. The molecule has 0 aliphatic rings. The van der Waals surface area contributed by atoms with Gasteiger partial charge in [-0.25, -0.2) is 13.2 Å². The first kappa shape index (κ1) is 23.8. The van der Waals surface area contributed by atoms with Crippen LogP contribution in [-0.4, -0.2) is 38.7 Å². The normalized spacial score (nSPS) is 12.7. The van der Waals surface area contributed by atoms with Crippen LogP contribution in [0.5, 0.6) is 0 Å². The molecule has 0 fully saturated rings. The molecule has 0 bridgehead atoms. The van der Waals surface area contributed by atoms with E-state index in [1.165, 1.54) is 35.0 Å². The van der Waals surface area contributed by atoms with Crippen molar-refractivity contribution in [1.29, 1.82) is 0 Å². The van der Waals surface area contributed by atoms with Crippen LogP contribution in [0.15, 0.2) is 48.8 Å². The van der Waals surface area contributed by atoms with E-state index in [-0.39, 0.29) is 35.5 Å². The summed E-state index contributed by atoms with van der Waals surface area (Å²) < 4.78 is 83.4. The summed E-state index contributed by atoms with van der Waals surface area (Å²) in [7, 11) is 0.